The average molecular weight is 316 g/mol. The molecule has 3 N–H and O–H groups in total. The van der Waals surface area contributed by atoms with Crippen LogP contribution < -0.4 is 10.6 Å². The van der Waals surface area contributed by atoms with E-state index in [4.69, 9.17) is 9.84 Å². The van der Waals surface area contributed by atoms with Crippen molar-refractivity contribution in [3.05, 3.63) is 0 Å². The molecule has 0 saturated carbocycles. The molecule has 0 aromatic carbocycles. The fourth-order valence-electron chi connectivity index (χ4n) is 1.87. The first-order chi connectivity index (χ1) is 10.1. The number of rotatable bonds is 9. The Morgan fingerprint density at radius 1 is 1.05 bits per heavy atom. The van der Waals surface area contributed by atoms with Crippen molar-refractivity contribution in [2.24, 2.45) is 0 Å². The van der Waals surface area contributed by atoms with E-state index in [1.54, 1.807) is 0 Å². The molecule has 0 rings (SSSR count). The molecule has 6 nitrogen and oxygen atoms in total. The van der Waals surface area contributed by atoms with Gasteiger partial charge < -0.3 is 20.5 Å². The molecule has 0 aromatic rings. The monoisotopic (exact) mass is 316 g/mol. The molecule has 0 aliphatic rings. The van der Waals surface area contributed by atoms with Gasteiger partial charge in [-0.15, -0.1) is 0 Å². The van der Waals surface area contributed by atoms with Crippen LogP contribution in [0.3, 0.4) is 0 Å². The van der Waals surface area contributed by atoms with Crippen molar-refractivity contribution >= 4 is 12.0 Å². The third kappa shape index (κ3) is 12.4. The molecule has 22 heavy (non-hydrogen) atoms. The summed E-state index contributed by atoms with van der Waals surface area (Å²) in [5, 5.41) is 14.3. The Morgan fingerprint density at radius 3 is 2.23 bits per heavy atom. The lowest BCUT2D eigenvalue weighted by molar-refractivity contribution is -0.122. The third-order valence-electron chi connectivity index (χ3n) is 2.96. The molecule has 0 aliphatic heterocycles. The van der Waals surface area contributed by atoms with Crippen LogP contribution >= 0.6 is 0 Å². The van der Waals surface area contributed by atoms with Crippen LogP contribution in [0.2, 0.25) is 0 Å². The molecule has 2 amide bonds. The summed E-state index contributed by atoms with van der Waals surface area (Å²) in [5.74, 6) is 0.000192. The third-order valence-corrected chi connectivity index (χ3v) is 2.96. The summed E-state index contributed by atoms with van der Waals surface area (Å²) in [4.78, 5) is 23.3. The topological polar surface area (TPSA) is 87.7 Å². The van der Waals surface area contributed by atoms with Crippen LogP contribution in [0.25, 0.3) is 0 Å². The second-order valence-corrected chi connectivity index (χ2v) is 7.14. The molecule has 0 heterocycles. The molecule has 0 unspecified atom stereocenters. The van der Waals surface area contributed by atoms with Gasteiger partial charge in [0.15, 0.2) is 0 Å². The molecule has 130 valence electrons. The lowest BCUT2D eigenvalue weighted by Crippen LogP contribution is -2.46. The number of hydrogen-bond acceptors (Lipinski definition) is 4. The molecule has 6 heteroatoms. The van der Waals surface area contributed by atoms with Gasteiger partial charge in [0, 0.05) is 25.1 Å². The number of carbonyl (C=O) groups is 2. The first kappa shape index (κ1) is 20.7. The number of alkyl carbamates (subject to hydrolysis) is 1. The van der Waals surface area contributed by atoms with E-state index < -0.39 is 11.7 Å². The second kappa shape index (κ2) is 9.66. The van der Waals surface area contributed by atoms with Crippen LogP contribution in [0.1, 0.15) is 66.7 Å². The van der Waals surface area contributed by atoms with Crippen molar-refractivity contribution in [2.75, 3.05) is 13.2 Å². The number of carbonyl (C=O) groups excluding carboxylic acids is 2. The van der Waals surface area contributed by atoms with Crippen LogP contribution in [-0.4, -0.2) is 41.4 Å². The Morgan fingerprint density at radius 2 is 1.68 bits per heavy atom. The molecule has 0 atom stereocenters. The number of hydrogen-bond donors (Lipinski definition) is 3. The normalized spacial score (nSPS) is 11.9. The summed E-state index contributed by atoms with van der Waals surface area (Å²) in [6, 6.07) is 0. The van der Waals surface area contributed by atoms with E-state index in [1.807, 2.05) is 34.6 Å². The number of amides is 2. The first-order valence-corrected chi connectivity index (χ1v) is 7.94. The SMILES string of the molecule is CC(C)(CCNC(=O)OC(C)(C)C)NC(=O)CCCCCO. The zero-order valence-electron chi connectivity index (χ0n) is 14.6. The van der Waals surface area contributed by atoms with E-state index in [1.165, 1.54) is 0 Å². The zero-order chi connectivity index (χ0) is 17.2. The molecule has 0 aromatic heterocycles. The fraction of sp³-hybridized carbons (Fsp3) is 0.875. The summed E-state index contributed by atoms with van der Waals surface area (Å²) in [5.41, 5.74) is -0.897. The van der Waals surface area contributed by atoms with Crippen LogP contribution in [0.15, 0.2) is 0 Å². The summed E-state index contributed by atoms with van der Waals surface area (Å²) in [6.45, 7) is 9.90. The van der Waals surface area contributed by atoms with Crippen molar-refractivity contribution < 1.29 is 19.4 Å². The Hall–Kier alpha value is -1.30. The average Bonchev–Trinajstić information content (AvgIpc) is 2.31. The summed E-state index contributed by atoms with van der Waals surface area (Å²) >= 11 is 0. The molecule has 0 radical (unpaired) electrons. The molecular formula is C16H32N2O4. The maximum atomic E-state index is 11.8. The maximum Gasteiger partial charge on any atom is 0.407 e. The van der Waals surface area contributed by atoms with E-state index in [0.717, 1.165) is 19.3 Å². The Bertz CT molecular complexity index is 349. The van der Waals surface area contributed by atoms with Gasteiger partial charge in [0.2, 0.25) is 5.91 Å². The lowest BCUT2D eigenvalue weighted by atomic mass is 10.00. The first-order valence-electron chi connectivity index (χ1n) is 7.94. The quantitative estimate of drug-likeness (QED) is 0.570. The highest BCUT2D eigenvalue weighted by atomic mass is 16.6. The van der Waals surface area contributed by atoms with Crippen molar-refractivity contribution in [3.8, 4) is 0 Å². The van der Waals surface area contributed by atoms with Gasteiger partial charge in [0.05, 0.1) is 0 Å². The molecule has 0 bridgehead atoms. The van der Waals surface area contributed by atoms with E-state index in [9.17, 15) is 9.59 Å². The smallest absolute Gasteiger partial charge is 0.407 e. The highest BCUT2D eigenvalue weighted by Gasteiger charge is 2.21. The van der Waals surface area contributed by atoms with Crippen molar-refractivity contribution in [3.63, 3.8) is 0 Å². The van der Waals surface area contributed by atoms with Gasteiger partial charge in [-0.05, 0) is 53.9 Å². The number of ether oxygens (including phenoxy) is 1. The molecule has 0 spiro atoms. The van der Waals surface area contributed by atoms with Gasteiger partial charge in [-0.25, -0.2) is 4.79 Å². The van der Waals surface area contributed by atoms with E-state index in [0.29, 0.717) is 19.4 Å². The summed E-state index contributed by atoms with van der Waals surface area (Å²) in [6.07, 6.45) is 3.00. The number of unbranched alkanes of at least 4 members (excludes halogenated alkanes) is 2. The molecular weight excluding hydrogens is 284 g/mol. The van der Waals surface area contributed by atoms with Gasteiger partial charge in [-0.1, -0.05) is 6.42 Å². The van der Waals surface area contributed by atoms with E-state index in [-0.39, 0.29) is 18.1 Å². The van der Waals surface area contributed by atoms with Gasteiger partial charge >= 0.3 is 6.09 Å². The van der Waals surface area contributed by atoms with E-state index in [2.05, 4.69) is 10.6 Å². The molecule has 0 saturated heterocycles. The largest absolute Gasteiger partial charge is 0.444 e. The summed E-state index contributed by atoms with van der Waals surface area (Å²) in [7, 11) is 0. The predicted molar refractivity (Wildman–Crippen MR) is 86.6 cm³/mol. The minimum atomic E-state index is -0.512. The van der Waals surface area contributed by atoms with Crippen molar-refractivity contribution in [1.82, 2.24) is 10.6 Å². The maximum absolute atomic E-state index is 11.8. The van der Waals surface area contributed by atoms with Gasteiger partial charge in [0.1, 0.15) is 5.60 Å². The van der Waals surface area contributed by atoms with Crippen molar-refractivity contribution in [1.29, 1.82) is 0 Å². The fourth-order valence-corrected chi connectivity index (χ4v) is 1.87. The Labute approximate surface area is 134 Å². The number of aliphatic hydroxyl groups excluding tert-OH is 1. The minimum absolute atomic E-state index is 0.000192. The van der Waals surface area contributed by atoms with Gasteiger partial charge in [0.25, 0.3) is 0 Å². The zero-order valence-corrected chi connectivity index (χ0v) is 14.6. The minimum Gasteiger partial charge on any atom is -0.444 e. The van der Waals surface area contributed by atoms with Gasteiger partial charge in [-0.3, -0.25) is 4.79 Å². The lowest BCUT2D eigenvalue weighted by Gasteiger charge is -2.27. The predicted octanol–water partition coefficient (Wildman–Crippen LogP) is 2.35. The number of nitrogens with one attached hydrogen (secondary N) is 2. The van der Waals surface area contributed by atoms with Gasteiger partial charge in [-0.2, -0.15) is 0 Å². The highest BCUT2D eigenvalue weighted by molar-refractivity contribution is 5.76. The number of aliphatic hydroxyl groups is 1. The molecule has 0 aliphatic carbocycles. The van der Waals surface area contributed by atoms with Crippen LogP contribution in [0.4, 0.5) is 4.79 Å². The second-order valence-electron chi connectivity index (χ2n) is 7.14. The molecule has 0 fully saturated rings. The Kier molecular flexibility index (Phi) is 9.09. The van der Waals surface area contributed by atoms with Crippen LogP contribution in [0, 0.1) is 0 Å². The van der Waals surface area contributed by atoms with Crippen molar-refractivity contribution in [2.45, 2.75) is 77.9 Å². The van der Waals surface area contributed by atoms with Crippen LogP contribution in [0.5, 0.6) is 0 Å². The van der Waals surface area contributed by atoms with Crippen LogP contribution in [-0.2, 0) is 9.53 Å². The van der Waals surface area contributed by atoms with E-state index >= 15 is 0 Å². The Balaban J connectivity index is 3.94. The highest BCUT2D eigenvalue weighted by Crippen LogP contribution is 2.10. The standard InChI is InChI=1S/C16H32N2O4/c1-15(2,3)22-14(21)17-11-10-16(4,5)18-13(20)9-7-6-8-12-19/h19H,6-12H2,1-5H3,(H,17,21)(H,18,20). The summed E-state index contributed by atoms with van der Waals surface area (Å²) < 4.78 is 5.15.